The Bertz CT molecular complexity index is 1000. The molecule has 0 atom stereocenters. The molecule has 0 unspecified atom stereocenters. The van der Waals surface area contributed by atoms with Crippen molar-refractivity contribution in [3.05, 3.63) is 83.0 Å². The summed E-state index contributed by atoms with van der Waals surface area (Å²) in [6, 6.07) is 18.1. The van der Waals surface area contributed by atoms with Crippen molar-refractivity contribution in [2.45, 2.75) is 52.6 Å². The Hall–Kier alpha value is -2.98. The minimum absolute atomic E-state index is 0.0175. The molecule has 2 N–H and O–H groups in total. The maximum absolute atomic E-state index is 12.4. The minimum atomic E-state index is -0.0175. The van der Waals surface area contributed by atoms with E-state index in [1.807, 2.05) is 37.3 Å². The third-order valence-electron chi connectivity index (χ3n) is 5.23. The highest BCUT2D eigenvalue weighted by molar-refractivity contribution is 5.91. The highest BCUT2D eigenvalue weighted by atomic mass is 16.3. The summed E-state index contributed by atoms with van der Waals surface area (Å²) in [6.45, 7) is 8.59. The van der Waals surface area contributed by atoms with Gasteiger partial charge >= 0.3 is 0 Å². The van der Waals surface area contributed by atoms with Crippen molar-refractivity contribution in [1.82, 2.24) is 4.98 Å². The van der Waals surface area contributed by atoms with Crippen LogP contribution in [0.25, 0.3) is 11.3 Å². The van der Waals surface area contributed by atoms with Crippen LogP contribution in [0, 0.1) is 6.92 Å². The summed E-state index contributed by atoms with van der Waals surface area (Å²) in [5, 5.41) is 12.1. The molecule has 0 aliphatic carbocycles. The predicted molar refractivity (Wildman–Crippen MR) is 122 cm³/mol. The fourth-order valence-corrected chi connectivity index (χ4v) is 3.37. The minimum Gasteiger partial charge on any atom is -0.392 e. The zero-order chi connectivity index (χ0) is 21.7. The molecule has 0 bridgehead atoms. The standard InChI is InChI=1S/C26H30N2O2/c1-18-15-23(16-27-25(18)21-10-5-20(17-29)6-11-21)28-24(30)14-9-19-7-12-22(13-8-19)26(2,3)4/h5-8,10-13,15-16,29H,9,14,17H2,1-4H3,(H,28,30). The van der Waals surface area contributed by atoms with Gasteiger partial charge in [0.15, 0.2) is 0 Å². The lowest BCUT2D eigenvalue weighted by Crippen LogP contribution is -2.13. The van der Waals surface area contributed by atoms with E-state index in [-0.39, 0.29) is 17.9 Å². The number of aliphatic hydroxyl groups excluding tert-OH is 1. The molecule has 4 nitrogen and oxygen atoms in total. The van der Waals surface area contributed by atoms with Crippen molar-refractivity contribution < 1.29 is 9.90 Å². The number of benzene rings is 2. The lowest BCUT2D eigenvalue weighted by atomic mass is 9.86. The molecule has 30 heavy (non-hydrogen) atoms. The Labute approximate surface area is 179 Å². The number of nitrogens with one attached hydrogen (secondary N) is 1. The first-order valence-electron chi connectivity index (χ1n) is 10.3. The fourth-order valence-electron chi connectivity index (χ4n) is 3.37. The first-order valence-corrected chi connectivity index (χ1v) is 10.3. The van der Waals surface area contributed by atoms with Gasteiger partial charge in [-0.3, -0.25) is 9.78 Å². The Morgan fingerprint density at radius 3 is 2.20 bits per heavy atom. The third kappa shape index (κ3) is 5.55. The van der Waals surface area contributed by atoms with E-state index < -0.39 is 0 Å². The van der Waals surface area contributed by atoms with Crippen molar-refractivity contribution in [3.63, 3.8) is 0 Å². The molecule has 0 fully saturated rings. The summed E-state index contributed by atoms with van der Waals surface area (Å²) < 4.78 is 0. The van der Waals surface area contributed by atoms with Gasteiger partial charge in [0.25, 0.3) is 0 Å². The van der Waals surface area contributed by atoms with E-state index in [2.05, 4.69) is 55.3 Å². The van der Waals surface area contributed by atoms with E-state index in [0.717, 1.165) is 27.9 Å². The highest BCUT2D eigenvalue weighted by Crippen LogP contribution is 2.24. The average Bonchev–Trinajstić information content (AvgIpc) is 2.72. The van der Waals surface area contributed by atoms with E-state index in [4.69, 9.17) is 0 Å². The summed E-state index contributed by atoms with van der Waals surface area (Å²) in [5.41, 5.74) is 7.01. The average molecular weight is 403 g/mol. The summed E-state index contributed by atoms with van der Waals surface area (Å²) >= 11 is 0. The van der Waals surface area contributed by atoms with Gasteiger partial charge in [0.05, 0.1) is 24.2 Å². The number of hydrogen-bond acceptors (Lipinski definition) is 3. The number of anilines is 1. The van der Waals surface area contributed by atoms with Gasteiger partial charge in [-0.1, -0.05) is 69.3 Å². The molecule has 0 spiro atoms. The van der Waals surface area contributed by atoms with E-state index >= 15 is 0 Å². The number of aromatic nitrogens is 1. The van der Waals surface area contributed by atoms with Gasteiger partial charge in [-0.2, -0.15) is 0 Å². The number of hydrogen-bond donors (Lipinski definition) is 2. The van der Waals surface area contributed by atoms with Gasteiger partial charge in [0.2, 0.25) is 5.91 Å². The van der Waals surface area contributed by atoms with Crippen LogP contribution in [0.1, 0.15) is 49.4 Å². The molecule has 2 aromatic carbocycles. The molecule has 3 rings (SSSR count). The molecule has 4 heteroatoms. The first kappa shape index (κ1) is 21.7. The second-order valence-electron chi connectivity index (χ2n) is 8.74. The number of nitrogens with zero attached hydrogens (tertiary/aromatic N) is 1. The van der Waals surface area contributed by atoms with Gasteiger partial charge in [0, 0.05) is 12.0 Å². The predicted octanol–water partition coefficient (Wildman–Crippen LogP) is 5.42. The second kappa shape index (κ2) is 9.23. The van der Waals surface area contributed by atoms with Gasteiger partial charge in [0.1, 0.15) is 0 Å². The molecule has 0 aliphatic heterocycles. The normalized spacial score (nSPS) is 11.4. The van der Waals surface area contributed by atoms with Crippen molar-refractivity contribution in [1.29, 1.82) is 0 Å². The third-order valence-corrected chi connectivity index (χ3v) is 5.23. The highest BCUT2D eigenvalue weighted by Gasteiger charge is 2.13. The molecule has 1 heterocycles. The summed E-state index contributed by atoms with van der Waals surface area (Å²) in [5.74, 6) is -0.0175. The molecule has 0 aliphatic rings. The fraction of sp³-hybridized carbons (Fsp3) is 0.308. The van der Waals surface area contributed by atoms with Crippen LogP contribution >= 0.6 is 0 Å². The molecule has 3 aromatic rings. The van der Waals surface area contributed by atoms with Gasteiger partial charge in [-0.25, -0.2) is 0 Å². The largest absolute Gasteiger partial charge is 0.392 e. The summed E-state index contributed by atoms with van der Waals surface area (Å²) in [7, 11) is 0. The Kier molecular flexibility index (Phi) is 6.68. The van der Waals surface area contributed by atoms with Gasteiger partial charge in [-0.05, 0) is 47.1 Å². The number of aryl methyl sites for hydroxylation is 2. The molecule has 1 amide bonds. The van der Waals surface area contributed by atoms with Crippen LogP contribution in [0.15, 0.2) is 60.8 Å². The second-order valence-corrected chi connectivity index (χ2v) is 8.74. The Balaban J connectivity index is 1.59. The van der Waals surface area contributed by atoms with E-state index in [1.54, 1.807) is 6.20 Å². The van der Waals surface area contributed by atoms with Gasteiger partial charge < -0.3 is 10.4 Å². The van der Waals surface area contributed by atoms with Crippen LogP contribution in [0.4, 0.5) is 5.69 Å². The molecular formula is C26H30N2O2. The molecule has 0 saturated carbocycles. The quantitative estimate of drug-likeness (QED) is 0.579. The zero-order valence-electron chi connectivity index (χ0n) is 18.2. The lowest BCUT2D eigenvalue weighted by Gasteiger charge is -2.19. The number of aliphatic hydroxyl groups is 1. The van der Waals surface area contributed by atoms with E-state index in [1.165, 1.54) is 5.56 Å². The van der Waals surface area contributed by atoms with E-state index in [0.29, 0.717) is 18.5 Å². The van der Waals surface area contributed by atoms with Crippen LogP contribution in [0.5, 0.6) is 0 Å². The smallest absolute Gasteiger partial charge is 0.224 e. The topological polar surface area (TPSA) is 62.2 Å². The number of carbonyl (C=O) groups excluding carboxylic acids is 1. The SMILES string of the molecule is Cc1cc(NC(=O)CCc2ccc(C(C)(C)C)cc2)cnc1-c1ccc(CO)cc1. The molecule has 0 radical (unpaired) electrons. The molecule has 1 aromatic heterocycles. The van der Waals surface area contributed by atoms with Crippen LogP contribution in [-0.2, 0) is 23.2 Å². The van der Waals surface area contributed by atoms with Crippen molar-refractivity contribution in [2.24, 2.45) is 0 Å². The van der Waals surface area contributed by atoms with Crippen LogP contribution in [-0.4, -0.2) is 16.0 Å². The molecule has 0 saturated heterocycles. The Morgan fingerprint density at radius 1 is 1.00 bits per heavy atom. The van der Waals surface area contributed by atoms with E-state index in [9.17, 15) is 9.90 Å². The van der Waals surface area contributed by atoms with Crippen LogP contribution in [0.2, 0.25) is 0 Å². The van der Waals surface area contributed by atoms with Crippen molar-refractivity contribution in [2.75, 3.05) is 5.32 Å². The van der Waals surface area contributed by atoms with Crippen LogP contribution in [0.3, 0.4) is 0 Å². The number of rotatable bonds is 6. The van der Waals surface area contributed by atoms with Crippen molar-refractivity contribution >= 4 is 11.6 Å². The summed E-state index contributed by atoms with van der Waals surface area (Å²) in [6.07, 6.45) is 2.83. The zero-order valence-corrected chi connectivity index (χ0v) is 18.2. The molecular weight excluding hydrogens is 372 g/mol. The van der Waals surface area contributed by atoms with Gasteiger partial charge in [-0.15, -0.1) is 0 Å². The van der Waals surface area contributed by atoms with Crippen LogP contribution < -0.4 is 5.32 Å². The number of amides is 1. The maximum atomic E-state index is 12.4. The number of carbonyl (C=O) groups is 1. The van der Waals surface area contributed by atoms with Crippen molar-refractivity contribution in [3.8, 4) is 11.3 Å². The molecule has 156 valence electrons. The maximum Gasteiger partial charge on any atom is 0.224 e. The summed E-state index contributed by atoms with van der Waals surface area (Å²) in [4.78, 5) is 16.9. The lowest BCUT2D eigenvalue weighted by molar-refractivity contribution is -0.116. The number of pyridine rings is 1. The monoisotopic (exact) mass is 402 g/mol. The first-order chi connectivity index (χ1) is 14.3. The Morgan fingerprint density at radius 2 is 1.63 bits per heavy atom.